The van der Waals surface area contributed by atoms with Crippen LogP contribution in [0, 0.1) is 6.92 Å². The third-order valence-electron chi connectivity index (χ3n) is 5.06. The van der Waals surface area contributed by atoms with Gasteiger partial charge in [-0.2, -0.15) is 9.36 Å². The summed E-state index contributed by atoms with van der Waals surface area (Å²) >= 11 is 1.33. The fraction of sp³-hybridized carbons (Fsp3) is 0.478. The van der Waals surface area contributed by atoms with Gasteiger partial charge in [-0.1, -0.05) is 6.07 Å². The normalized spacial score (nSPS) is 12.6. The third-order valence-corrected chi connectivity index (χ3v) is 5.88. The van der Waals surface area contributed by atoms with Crippen LogP contribution in [-0.4, -0.2) is 62.4 Å². The van der Waals surface area contributed by atoms with Crippen LogP contribution in [0.3, 0.4) is 0 Å². The smallest absolute Gasteiger partial charge is 0.410 e. The summed E-state index contributed by atoms with van der Waals surface area (Å²) in [6.45, 7) is 9.39. The van der Waals surface area contributed by atoms with Crippen LogP contribution in [0.15, 0.2) is 30.7 Å². The SMILES string of the molecule is Cc1cn(-c2nsc(N(C)CCCN(Cc3ccc4c(c3)OCO4)C(=O)OC(C)(C)C)n2)cn1. The Labute approximate surface area is 203 Å². The number of aryl methyl sites for hydroxylation is 1. The first-order chi connectivity index (χ1) is 16.2. The van der Waals surface area contributed by atoms with Gasteiger partial charge >= 0.3 is 6.09 Å². The average molecular weight is 487 g/mol. The molecule has 1 aromatic carbocycles. The number of hydrogen-bond acceptors (Lipinski definition) is 9. The van der Waals surface area contributed by atoms with E-state index in [1.54, 1.807) is 15.8 Å². The molecule has 2 aromatic heterocycles. The van der Waals surface area contributed by atoms with E-state index in [9.17, 15) is 4.79 Å². The predicted molar refractivity (Wildman–Crippen MR) is 129 cm³/mol. The van der Waals surface area contributed by atoms with Gasteiger partial charge in [0.15, 0.2) is 11.5 Å². The molecule has 11 heteroatoms. The first kappa shape index (κ1) is 23.8. The van der Waals surface area contributed by atoms with E-state index in [4.69, 9.17) is 14.2 Å². The lowest BCUT2D eigenvalue weighted by atomic mass is 10.2. The van der Waals surface area contributed by atoms with E-state index in [0.717, 1.165) is 28.6 Å². The summed E-state index contributed by atoms with van der Waals surface area (Å²) in [5, 5.41) is 0.806. The Morgan fingerprint density at radius 2 is 2.03 bits per heavy atom. The number of aromatic nitrogens is 4. The van der Waals surface area contributed by atoms with E-state index in [2.05, 4.69) is 14.3 Å². The Hall–Kier alpha value is -3.34. The van der Waals surface area contributed by atoms with E-state index < -0.39 is 5.60 Å². The molecule has 0 atom stereocenters. The van der Waals surface area contributed by atoms with Crippen LogP contribution in [0.5, 0.6) is 11.5 Å². The van der Waals surface area contributed by atoms with Crippen LogP contribution >= 0.6 is 11.5 Å². The van der Waals surface area contributed by atoms with Crippen LogP contribution in [0.2, 0.25) is 0 Å². The molecular weight excluding hydrogens is 456 g/mol. The number of imidazole rings is 1. The number of carbonyl (C=O) groups is 1. The molecule has 0 spiro atoms. The van der Waals surface area contributed by atoms with Crippen molar-refractivity contribution in [2.45, 2.75) is 46.3 Å². The van der Waals surface area contributed by atoms with Crippen LogP contribution in [-0.2, 0) is 11.3 Å². The maximum Gasteiger partial charge on any atom is 0.410 e. The minimum atomic E-state index is -0.574. The fourth-order valence-electron chi connectivity index (χ4n) is 3.41. The molecule has 34 heavy (non-hydrogen) atoms. The molecule has 0 saturated heterocycles. The van der Waals surface area contributed by atoms with Gasteiger partial charge in [-0.15, -0.1) is 0 Å². The van der Waals surface area contributed by atoms with Crippen molar-refractivity contribution in [2.75, 3.05) is 31.8 Å². The second-order valence-electron chi connectivity index (χ2n) is 9.16. The summed E-state index contributed by atoms with van der Waals surface area (Å²) in [6.07, 6.45) is 3.98. The van der Waals surface area contributed by atoms with Gasteiger partial charge in [-0.3, -0.25) is 4.57 Å². The van der Waals surface area contributed by atoms with Gasteiger partial charge < -0.3 is 24.0 Å². The zero-order chi connectivity index (χ0) is 24.3. The molecule has 1 aliphatic heterocycles. The molecule has 0 aliphatic carbocycles. The van der Waals surface area contributed by atoms with Gasteiger partial charge in [-0.25, -0.2) is 9.78 Å². The van der Waals surface area contributed by atoms with Crippen LogP contribution in [0.25, 0.3) is 5.95 Å². The molecule has 3 aromatic rings. The van der Waals surface area contributed by atoms with Crippen molar-refractivity contribution in [3.8, 4) is 17.4 Å². The topological polar surface area (TPSA) is 94.8 Å². The van der Waals surface area contributed by atoms with Crippen molar-refractivity contribution in [2.24, 2.45) is 0 Å². The van der Waals surface area contributed by atoms with Crippen LogP contribution in [0.4, 0.5) is 9.93 Å². The summed E-state index contributed by atoms with van der Waals surface area (Å²) in [6, 6.07) is 5.72. The highest BCUT2D eigenvalue weighted by atomic mass is 32.1. The van der Waals surface area contributed by atoms with Crippen molar-refractivity contribution in [3.63, 3.8) is 0 Å². The van der Waals surface area contributed by atoms with E-state index >= 15 is 0 Å². The molecule has 0 bridgehead atoms. The molecule has 0 saturated carbocycles. The summed E-state index contributed by atoms with van der Waals surface area (Å²) in [5.74, 6) is 2.02. The summed E-state index contributed by atoms with van der Waals surface area (Å²) in [5.41, 5.74) is 1.29. The summed E-state index contributed by atoms with van der Waals surface area (Å²) in [4.78, 5) is 25.5. The lowest BCUT2D eigenvalue weighted by molar-refractivity contribution is 0.0232. The van der Waals surface area contributed by atoms with Crippen molar-refractivity contribution < 1.29 is 19.0 Å². The third kappa shape index (κ3) is 5.96. The Morgan fingerprint density at radius 1 is 1.24 bits per heavy atom. The number of hydrogen-bond donors (Lipinski definition) is 0. The quantitative estimate of drug-likeness (QED) is 0.471. The molecule has 182 valence electrons. The highest BCUT2D eigenvalue weighted by Crippen LogP contribution is 2.33. The number of fused-ring (bicyclic) bond motifs is 1. The second-order valence-corrected chi connectivity index (χ2v) is 9.89. The largest absolute Gasteiger partial charge is 0.454 e. The number of carbonyl (C=O) groups excluding carboxylic acids is 1. The minimum absolute atomic E-state index is 0.217. The van der Waals surface area contributed by atoms with Crippen LogP contribution < -0.4 is 14.4 Å². The van der Waals surface area contributed by atoms with Crippen molar-refractivity contribution in [1.29, 1.82) is 0 Å². The first-order valence-corrected chi connectivity index (χ1v) is 11.9. The Bertz CT molecular complexity index is 1140. The van der Waals surface area contributed by atoms with Crippen molar-refractivity contribution >= 4 is 22.8 Å². The average Bonchev–Trinajstić information content (AvgIpc) is 3.51. The zero-order valence-electron chi connectivity index (χ0n) is 20.1. The van der Waals surface area contributed by atoms with Gasteiger partial charge in [0.25, 0.3) is 0 Å². The van der Waals surface area contributed by atoms with Crippen molar-refractivity contribution in [1.82, 2.24) is 23.8 Å². The van der Waals surface area contributed by atoms with Crippen LogP contribution in [0.1, 0.15) is 38.4 Å². The standard InChI is InChI=1S/C23H30N6O4S/c1-16-12-29(14-24-16)20-25-21(34-26-20)27(5)9-6-10-28(22(30)33-23(2,3)4)13-17-7-8-18-19(11-17)32-15-31-18/h7-8,11-12,14H,6,9-10,13,15H2,1-5H3. The molecule has 0 unspecified atom stereocenters. The number of anilines is 1. The molecule has 3 heterocycles. The molecule has 0 radical (unpaired) electrons. The maximum absolute atomic E-state index is 12.9. The van der Waals surface area contributed by atoms with Gasteiger partial charge in [0.05, 0.1) is 5.69 Å². The number of ether oxygens (including phenoxy) is 3. The van der Waals surface area contributed by atoms with E-state index in [1.165, 1.54) is 11.5 Å². The Balaban J connectivity index is 1.38. The minimum Gasteiger partial charge on any atom is -0.454 e. The highest BCUT2D eigenvalue weighted by Gasteiger charge is 2.23. The van der Waals surface area contributed by atoms with E-state index in [-0.39, 0.29) is 12.9 Å². The number of amides is 1. The predicted octanol–water partition coefficient (Wildman–Crippen LogP) is 4.02. The number of rotatable bonds is 8. The van der Waals surface area contributed by atoms with E-state index in [0.29, 0.717) is 31.3 Å². The molecule has 1 amide bonds. The molecule has 1 aliphatic rings. The second kappa shape index (κ2) is 9.88. The lowest BCUT2D eigenvalue weighted by Crippen LogP contribution is -2.38. The molecule has 0 fully saturated rings. The van der Waals surface area contributed by atoms with E-state index in [1.807, 2.05) is 64.0 Å². The molecule has 0 N–H and O–H groups in total. The van der Waals surface area contributed by atoms with Gasteiger partial charge in [0, 0.05) is 44.4 Å². The fourth-order valence-corrected chi connectivity index (χ4v) is 4.07. The van der Waals surface area contributed by atoms with Gasteiger partial charge in [-0.05, 0) is 51.8 Å². The maximum atomic E-state index is 12.9. The Morgan fingerprint density at radius 3 is 2.76 bits per heavy atom. The molecule has 4 rings (SSSR count). The van der Waals surface area contributed by atoms with Gasteiger partial charge in [0.1, 0.15) is 11.9 Å². The Kier molecular flexibility index (Phi) is 6.92. The number of benzene rings is 1. The lowest BCUT2D eigenvalue weighted by Gasteiger charge is -2.28. The van der Waals surface area contributed by atoms with Gasteiger partial charge in [0.2, 0.25) is 17.9 Å². The molecule has 10 nitrogen and oxygen atoms in total. The summed E-state index contributed by atoms with van der Waals surface area (Å²) < 4.78 is 22.7. The zero-order valence-corrected chi connectivity index (χ0v) is 21.0. The monoisotopic (exact) mass is 486 g/mol. The van der Waals surface area contributed by atoms with Crippen molar-refractivity contribution in [3.05, 3.63) is 42.0 Å². The summed E-state index contributed by atoms with van der Waals surface area (Å²) in [7, 11) is 1.97. The highest BCUT2D eigenvalue weighted by molar-refractivity contribution is 7.09. The number of nitrogens with zero attached hydrogens (tertiary/aromatic N) is 6. The first-order valence-electron chi connectivity index (χ1n) is 11.1. The molecular formula is C23H30N6O4S.